The van der Waals surface area contributed by atoms with Crippen molar-refractivity contribution in [3.63, 3.8) is 0 Å². The van der Waals surface area contributed by atoms with Crippen LogP contribution in [0.15, 0.2) is 53.0 Å². The van der Waals surface area contributed by atoms with E-state index in [1.165, 1.54) is 6.08 Å². The first-order valence-electron chi connectivity index (χ1n) is 7.18. The number of hydrogen-bond acceptors (Lipinski definition) is 3. The Hall–Kier alpha value is -2.60. The maximum atomic E-state index is 12.0. The van der Waals surface area contributed by atoms with Crippen LogP contribution in [0.25, 0.3) is 6.08 Å². The van der Waals surface area contributed by atoms with Gasteiger partial charge in [0.15, 0.2) is 0 Å². The van der Waals surface area contributed by atoms with Gasteiger partial charge in [0.25, 0.3) is 11.8 Å². The number of hydrazine groups is 1. The third kappa shape index (κ3) is 4.96. The Kier molecular flexibility index (Phi) is 6.14. The van der Waals surface area contributed by atoms with E-state index in [0.717, 1.165) is 21.3 Å². The first kappa shape index (κ1) is 17.7. The molecule has 0 atom stereocenters. The summed E-state index contributed by atoms with van der Waals surface area (Å²) in [5.74, 6) is -0.0691. The fourth-order valence-electron chi connectivity index (χ4n) is 1.85. The van der Waals surface area contributed by atoms with Crippen LogP contribution in [0.4, 0.5) is 0 Å². The molecule has 2 N–H and O–H groups in total. The van der Waals surface area contributed by atoms with Gasteiger partial charge in [-0.05, 0) is 48.4 Å². The van der Waals surface area contributed by atoms with Gasteiger partial charge < -0.3 is 4.74 Å². The van der Waals surface area contributed by atoms with Gasteiger partial charge in [0.05, 0.1) is 7.11 Å². The fraction of sp³-hybridized carbons (Fsp3) is 0.111. The summed E-state index contributed by atoms with van der Waals surface area (Å²) in [7, 11) is 1.59. The van der Waals surface area contributed by atoms with E-state index in [9.17, 15) is 9.59 Å². The van der Waals surface area contributed by atoms with Crippen LogP contribution in [0.5, 0.6) is 5.75 Å². The monoisotopic (exact) mass is 388 g/mol. The van der Waals surface area contributed by atoms with Crippen molar-refractivity contribution in [1.82, 2.24) is 10.9 Å². The van der Waals surface area contributed by atoms with Gasteiger partial charge in [-0.1, -0.05) is 34.1 Å². The van der Waals surface area contributed by atoms with Crippen molar-refractivity contribution in [2.45, 2.75) is 6.92 Å². The summed E-state index contributed by atoms with van der Waals surface area (Å²) in [4.78, 5) is 23.7. The minimum absolute atomic E-state index is 0.387. The molecule has 0 spiro atoms. The molecule has 0 radical (unpaired) electrons. The highest BCUT2D eigenvalue weighted by atomic mass is 79.9. The Balaban J connectivity index is 1.88. The van der Waals surface area contributed by atoms with Crippen LogP contribution in [-0.4, -0.2) is 18.9 Å². The maximum Gasteiger partial charge on any atom is 0.269 e. The second-order valence-electron chi connectivity index (χ2n) is 5.01. The normalized spacial score (nSPS) is 10.5. The SMILES string of the molecule is COc1ccc(/C=C/C(=O)NNC(=O)c2ccc(C)c(Br)c2)cc1. The van der Waals surface area contributed by atoms with E-state index in [2.05, 4.69) is 26.8 Å². The van der Waals surface area contributed by atoms with E-state index >= 15 is 0 Å². The predicted octanol–water partition coefficient (Wildman–Crippen LogP) is 3.24. The first-order valence-corrected chi connectivity index (χ1v) is 7.97. The lowest BCUT2D eigenvalue weighted by Gasteiger charge is -2.06. The molecule has 2 amide bonds. The maximum absolute atomic E-state index is 12.0. The largest absolute Gasteiger partial charge is 0.497 e. The summed E-state index contributed by atoms with van der Waals surface area (Å²) in [6, 6.07) is 12.5. The van der Waals surface area contributed by atoms with Crippen LogP contribution in [0, 0.1) is 6.92 Å². The number of hydrogen-bond donors (Lipinski definition) is 2. The van der Waals surface area contributed by atoms with Gasteiger partial charge >= 0.3 is 0 Å². The number of benzene rings is 2. The average Bonchev–Trinajstić information content (AvgIpc) is 2.60. The summed E-state index contributed by atoms with van der Waals surface area (Å²) in [5, 5.41) is 0. The van der Waals surface area contributed by atoms with E-state index in [4.69, 9.17) is 4.74 Å². The summed E-state index contributed by atoms with van der Waals surface area (Å²) in [6.45, 7) is 1.93. The molecule has 2 aromatic carbocycles. The van der Waals surface area contributed by atoms with Crippen LogP contribution in [-0.2, 0) is 4.79 Å². The Morgan fingerprint density at radius 1 is 1.08 bits per heavy atom. The van der Waals surface area contributed by atoms with Gasteiger partial charge in [-0.3, -0.25) is 20.4 Å². The van der Waals surface area contributed by atoms with Crippen molar-refractivity contribution < 1.29 is 14.3 Å². The average molecular weight is 389 g/mol. The molecule has 2 aromatic rings. The number of aryl methyl sites for hydroxylation is 1. The van der Waals surface area contributed by atoms with Crippen molar-refractivity contribution in [1.29, 1.82) is 0 Å². The molecule has 0 aliphatic heterocycles. The molecule has 2 rings (SSSR count). The smallest absolute Gasteiger partial charge is 0.269 e. The summed E-state index contributed by atoms with van der Waals surface area (Å²) in [5.41, 5.74) is 7.04. The summed E-state index contributed by atoms with van der Waals surface area (Å²) in [6.07, 6.45) is 2.98. The number of methoxy groups -OCH3 is 1. The van der Waals surface area contributed by atoms with E-state index in [-0.39, 0.29) is 5.91 Å². The van der Waals surface area contributed by atoms with Gasteiger partial charge in [-0.25, -0.2) is 0 Å². The molecule has 0 heterocycles. The van der Waals surface area contributed by atoms with Gasteiger partial charge in [0.1, 0.15) is 5.75 Å². The number of nitrogens with one attached hydrogen (secondary N) is 2. The molecule has 0 saturated carbocycles. The number of carbonyl (C=O) groups is 2. The van der Waals surface area contributed by atoms with Crippen LogP contribution in [0.3, 0.4) is 0 Å². The zero-order valence-corrected chi connectivity index (χ0v) is 14.9. The van der Waals surface area contributed by atoms with Crippen LogP contribution in [0.2, 0.25) is 0 Å². The molecule has 6 heteroatoms. The minimum Gasteiger partial charge on any atom is -0.497 e. The summed E-state index contributed by atoms with van der Waals surface area (Å²) >= 11 is 3.37. The van der Waals surface area contributed by atoms with Crippen molar-refractivity contribution >= 4 is 33.8 Å². The number of rotatable bonds is 4. The molecular formula is C18H17BrN2O3. The van der Waals surface area contributed by atoms with Gasteiger partial charge in [0, 0.05) is 16.1 Å². The fourth-order valence-corrected chi connectivity index (χ4v) is 2.23. The zero-order valence-electron chi connectivity index (χ0n) is 13.3. The second-order valence-corrected chi connectivity index (χ2v) is 5.87. The highest BCUT2D eigenvalue weighted by Gasteiger charge is 2.07. The lowest BCUT2D eigenvalue weighted by atomic mass is 10.1. The molecular weight excluding hydrogens is 372 g/mol. The van der Waals surface area contributed by atoms with E-state index in [1.54, 1.807) is 37.5 Å². The molecule has 0 saturated heterocycles. The van der Waals surface area contributed by atoms with Crippen molar-refractivity contribution in [3.8, 4) is 5.75 Å². The zero-order chi connectivity index (χ0) is 17.5. The molecule has 0 fully saturated rings. The molecule has 0 bridgehead atoms. The van der Waals surface area contributed by atoms with Crippen LogP contribution >= 0.6 is 15.9 Å². The highest BCUT2D eigenvalue weighted by Crippen LogP contribution is 2.17. The molecule has 0 aliphatic carbocycles. The van der Waals surface area contributed by atoms with Crippen molar-refractivity contribution in [3.05, 3.63) is 69.7 Å². The Labute approximate surface area is 148 Å². The highest BCUT2D eigenvalue weighted by molar-refractivity contribution is 9.10. The quantitative estimate of drug-likeness (QED) is 0.623. The molecule has 24 heavy (non-hydrogen) atoms. The van der Waals surface area contributed by atoms with Gasteiger partial charge in [-0.2, -0.15) is 0 Å². The topological polar surface area (TPSA) is 67.4 Å². The third-order valence-electron chi connectivity index (χ3n) is 3.28. The molecule has 124 valence electrons. The number of ether oxygens (including phenoxy) is 1. The number of amides is 2. The minimum atomic E-state index is -0.426. The van der Waals surface area contributed by atoms with Crippen molar-refractivity contribution in [2.75, 3.05) is 7.11 Å². The Morgan fingerprint density at radius 2 is 1.79 bits per heavy atom. The Bertz CT molecular complexity index is 770. The van der Waals surface area contributed by atoms with E-state index in [0.29, 0.717) is 5.56 Å². The standard InChI is InChI=1S/C18H17BrN2O3/c1-12-3-7-14(11-16(12)19)18(23)21-20-17(22)10-6-13-4-8-15(24-2)9-5-13/h3-11H,1-2H3,(H,20,22)(H,21,23)/b10-6+. The van der Waals surface area contributed by atoms with E-state index in [1.807, 2.05) is 25.1 Å². The van der Waals surface area contributed by atoms with Gasteiger partial charge in [-0.15, -0.1) is 0 Å². The Morgan fingerprint density at radius 3 is 2.42 bits per heavy atom. The van der Waals surface area contributed by atoms with Gasteiger partial charge in [0.2, 0.25) is 0 Å². The predicted molar refractivity (Wildman–Crippen MR) is 96.5 cm³/mol. The van der Waals surface area contributed by atoms with Crippen molar-refractivity contribution in [2.24, 2.45) is 0 Å². The van der Waals surface area contributed by atoms with Crippen LogP contribution in [0.1, 0.15) is 21.5 Å². The molecule has 0 unspecified atom stereocenters. The lowest BCUT2D eigenvalue weighted by molar-refractivity contribution is -0.117. The number of halogens is 1. The third-order valence-corrected chi connectivity index (χ3v) is 4.13. The summed E-state index contributed by atoms with van der Waals surface area (Å²) < 4.78 is 5.90. The molecule has 0 aromatic heterocycles. The first-order chi connectivity index (χ1) is 11.5. The number of carbonyl (C=O) groups excluding carboxylic acids is 2. The lowest BCUT2D eigenvalue weighted by Crippen LogP contribution is -2.40. The molecule has 0 aliphatic rings. The molecule has 5 nitrogen and oxygen atoms in total. The van der Waals surface area contributed by atoms with E-state index < -0.39 is 5.91 Å². The second kappa shape index (κ2) is 8.31. The van der Waals surface area contributed by atoms with Crippen LogP contribution < -0.4 is 15.6 Å².